The summed E-state index contributed by atoms with van der Waals surface area (Å²) in [5.74, 6) is -2.49. The zero-order valence-corrected chi connectivity index (χ0v) is 6.61. The monoisotopic (exact) mass is 194 g/mol. The Labute approximate surface area is 71.6 Å². The number of halogens is 4. The second kappa shape index (κ2) is 3.51. The average Bonchev–Trinajstić information content (AvgIpc) is 2.09. The van der Waals surface area contributed by atoms with Crippen molar-refractivity contribution in [1.82, 2.24) is 0 Å². The van der Waals surface area contributed by atoms with Crippen molar-refractivity contribution in [2.24, 2.45) is 0 Å². The molecule has 0 aliphatic heterocycles. The van der Waals surface area contributed by atoms with Gasteiger partial charge in [0.2, 0.25) is 0 Å². The molecule has 0 aromatic heterocycles. The average molecular weight is 194 g/mol. The Morgan fingerprint density at radius 2 is 1.85 bits per heavy atom. The molecule has 6 heteroatoms. The van der Waals surface area contributed by atoms with E-state index >= 15 is 0 Å². The quantitative estimate of drug-likeness (QED) is 0.575. The summed E-state index contributed by atoms with van der Waals surface area (Å²) in [6.45, 7) is 0. The molecule has 2 nitrogen and oxygen atoms in total. The summed E-state index contributed by atoms with van der Waals surface area (Å²) in [5, 5.41) is 0.866. The SMILES string of the molecule is CNc1c(N(F)F)ccc(F)c1F. The van der Waals surface area contributed by atoms with Crippen molar-refractivity contribution < 1.29 is 17.7 Å². The van der Waals surface area contributed by atoms with Gasteiger partial charge >= 0.3 is 0 Å². The molecular weight excluding hydrogens is 188 g/mol. The molecule has 1 aromatic carbocycles. The van der Waals surface area contributed by atoms with Crippen LogP contribution in [-0.4, -0.2) is 7.05 Å². The predicted octanol–water partition coefficient (Wildman–Crippen LogP) is 2.58. The molecule has 0 amide bonds. The third kappa shape index (κ3) is 1.66. The van der Waals surface area contributed by atoms with Crippen LogP contribution in [0.25, 0.3) is 0 Å². The minimum atomic E-state index is -1.32. The van der Waals surface area contributed by atoms with Crippen molar-refractivity contribution in [3.8, 4) is 0 Å². The van der Waals surface area contributed by atoms with E-state index in [9.17, 15) is 17.7 Å². The van der Waals surface area contributed by atoms with Gasteiger partial charge < -0.3 is 5.32 Å². The van der Waals surface area contributed by atoms with Crippen LogP contribution in [0.3, 0.4) is 0 Å². The van der Waals surface area contributed by atoms with E-state index < -0.39 is 28.4 Å². The Morgan fingerprint density at radius 3 is 2.31 bits per heavy atom. The van der Waals surface area contributed by atoms with Crippen molar-refractivity contribution in [3.05, 3.63) is 23.8 Å². The van der Waals surface area contributed by atoms with Crippen LogP contribution in [0.4, 0.5) is 29.1 Å². The molecule has 0 atom stereocenters. The molecule has 1 aromatic rings. The summed E-state index contributed by atoms with van der Waals surface area (Å²) in [6.07, 6.45) is 0. The highest BCUT2D eigenvalue weighted by Crippen LogP contribution is 2.30. The van der Waals surface area contributed by atoms with Crippen molar-refractivity contribution in [2.75, 3.05) is 17.7 Å². The number of rotatable bonds is 2. The Bertz CT molecular complexity index is 314. The van der Waals surface area contributed by atoms with Gasteiger partial charge in [-0.2, -0.15) is 0 Å². The fourth-order valence-corrected chi connectivity index (χ4v) is 0.919. The molecule has 0 aliphatic carbocycles. The Morgan fingerprint density at radius 1 is 1.23 bits per heavy atom. The molecule has 0 radical (unpaired) electrons. The number of hydrogen-bond donors (Lipinski definition) is 1. The molecule has 0 bridgehead atoms. The maximum absolute atomic E-state index is 12.8. The Kier molecular flexibility index (Phi) is 2.60. The summed E-state index contributed by atoms with van der Waals surface area (Å²) >= 11 is 0. The second-order valence-electron chi connectivity index (χ2n) is 2.24. The Hall–Kier alpha value is -1.46. The second-order valence-corrected chi connectivity index (χ2v) is 2.24. The van der Waals surface area contributed by atoms with Crippen molar-refractivity contribution in [2.45, 2.75) is 0 Å². The minimum Gasteiger partial charge on any atom is -0.384 e. The first-order valence-electron chi connectivity index (χ1n) is 3.35. The minimum absolute atomic E-state index is 0.565. The highest BCUT2D eigenvalue weighted by atomic mass is 19.4. The van der Waals surface area contributed by atoms with Gasteiger partial charge in [0.25, 0.3) is 0 Å². The Balaban J connectivity index is 3.30. The lowest BCUT2D eigenvalue weighted by Gasteiger charge is -2.09. The van der Waals surface area contributed by atoms with Gasteiger partial charge in [-0.25, -0.2) is 8.78 Å². The number of benzene rings is 1. The van der Waals surface area contributed by atoms with Crippen LogP contribution < -0.4 is 10.7 Å². The van der Waals surface area contributed by atoms with E-state index in [2.05, 4.69) is 5.32 Å². The molecule has 13 heavy (non-hydrogen) atoms. The van der Waals surface area contributed by atoms with E-state index in [-0.39, 0.29) is 0 Å². The van der Waals surface area contributed by atoms with Crippen LogP contribution >= 0.6 is 0 Å². The number of nitrogens with zero attached hydrogens (tertiary/aromatic N) is 1. The molecule has 0 saturated heterocycles. The number of hydrogen-bond acceptors (Lipinski definition) is 2. The van der Waals surface area contributed by atoms with E-state index in [4.69, 9.17) is 0 Å². The van der Waals surface area contributed by atoms with Crippen LogP contribution in [-0.2, 0) is 0 Å². The van der Waals surface area contributed by atoms with Crippen LogP contribution in [0.2, 0.25) is 0 Å². The first-order chi connectivity index (χ1) is 6.07. The lowest BCUT2D eigenvalue weighted by molar-refractivity contribution is 0.235. The molecule has 1 N–H and O–H groups in total. The zero-order chi connectivity index (χ0) is 10.0. The highest BCUT2D eigenvalue weighted by Gasteiger charge is 2.16. The first-order valence-corrected chi connectivity index (χ1v) is 3.35. The van der Waals surface area contributed by atoms with E-state index in [1.165, 1.54) is 7.05 Å². The molecule has 0 aliphatic rings. The van der Waals surface area contributed by atoms with Crippen LogP contribution in [0, 0.1) is 11.6 Å². The third-order valence-electron chi connectivity index (χ3n) is 1.50. The van der Waals surface area contributed by atoms with Crippen LogP contribution in [0.15, 0.2) is 12.1 Å². The van der Waals surface area contributed by atoms with E-state index in [1.807, 2.05) is 0 Å². The predicted molar refractivity (Wildman–Crippen MR) is 40.6 cm³/mol. The van der Waals surface area contributed by atoms with Gasteiger partial charge in [-0.05, 0) is 17.5 Å². The highest BCUT2D eigenvalue weighted by molar-refractivity contribution is 5.68. The van der Waals surface area contributed by atoms with Crippen LogP contribution in [0.5, 0.6) is 0 Å². The maximum atomic E-state index is 12.8. The van der Waals surface area contributed by atoms with Gasteiger partial charge in [-0.1, -0.05) is 8.96 Å². The smallest absolute Gasteiger partial charge is 0.184 e. The fourth-order valence-electron chi connectivity index (χ4n) is 0.919. The molecule has 0 saturated carbocycles. The van der Waals surface area contributed by atoms with Crippen LogP contribution in [0.1, 0.15) is 0 Å². The standard InChI is InChI=1S/C7H6F4N2/c1-12-7-5(13(10)11)3-2-4(8)6(7)9/h2-3,12H,1H3. The maximum Gasteiger partial charge on any atom is 0.184 e. The van der Waals surface area contributed by atoms with Gasteiger partial charge in [0.15, 0.2) is 11.6 Å². The normalized spacial score (nSPS) is 9.92. The number of nitrogens with one attached hydrogen (secondary N) is 1. The summed E-state index contributed by atoms with van der Waals surface area (Å²) in [7, 11) is 1.23. The summed E-state index contributed by atoms with van der Waals surface area (Å²) in [5.41, 5.74) is -1.27. The van der Waals surface area contributed by atoms with E-state index in [0.29, 0.717) is 6.07 Å². The third-order valence-corrected chi connectivity index (χ3v) is 1.50. The molecule has 1 rings (SSSR count). The molecular formula is C7H6F4N2. The van der Waals surface area contributed by atoms with Gasteiger partial charge in [0.05, 0.1) is 0 Å². The summed E-state index contributed by atoms with van der Waals surface area (Å²) < 4.78 is 49.4. The lowest BCUT2D eigenvalue weighted by Crippen LogP contribution is -2.04. The van der Waals surface area contributed by atoms with Crippen molar-refractivity contribution >= 4 is 11.4 Å². The number of anilines is 2. The lowest BCUT2D eigenvalue weighted by atomic mass is 10.2. The van der Waals surface area contributed by atoms with Gasteiger partial charge in [0.1, 0.15) is 11.4 Å². The fraction of sp³-hybridized carbons (Fsp3) is 0.143. The molecule has 0 heterocycles. The molecule has 0 unspecified atom stereocenters. The first kappa shape index (κ1) is 9.63. The zero-order valence-electron chi connectivity index (χ0n) is 6.61. The molecule has 72 valence electrons. The topological polar surface area (TPSA) is 15.3 Å². The van der Waals surface area contributed by atoms with E-state index in [0.717, 1.165) is 6.07 Å². The largest absolute Gasteiger partial charge is 0.384 e. The van der Waals surface area contributed by atoms with E-state index in [1.54, 1.807) is 0 Å². The van der Waals surface area contributed by atoms with Gasteiger partial charge in [0, 0.05) is 7.05 Å². The molecule has 0 fully saturated rings. The van der Waals surface area contributed by atoms with Crippen molar-refractivity contribution in [3.63, 3.8) is 0 Å². The van der Waals surface area contributed by atoms with Gasteiger partial charge in [-0.15, -0.1) is 0 Å². The van der Waals surface area contributed by atoms with Crippen molar-refractivity contribution in [1.29, 1.82) is 0 Å². The summed E-state index contributed by atoms with van der Waals surface area (Å²) in [6, 6.07) is 1.42. The van der Waals surface area contributed by atoms with Gasteiger partial charge in [-0.3, -0.25) is 0 Å². The molecule has 0 spiro atoms. The summed E-state index contributed by atoms with van der Waals surface area (Å²) in [4.78, 5) is 0.